The Bertz CT molecular complexity index is 1190. The Kier molecular flexibility index (Phi) is 12.3. The lowest BCUT2D eigenvalue weighted by molar-refractivity contribution is -0.140. The van der Waals surface area contributed by atoms with Gasteiger partial charge in [-0.15, -0.1) is 0 Å². The van der Waals surface area contributed by atoms with E-state index in [1.165, 1.54) is 63.3 Å². The molecule has 0 aliphatic carbocycles. The number of halogens is 2. The first kappa shape index (κ1) is 32.2. The SMILES string of the molecule is CCCCCCCCCCCCOC(=O)c1ccc(C(=O)Nc2ccn([C@@H]3O[C@H](CO)[C@@H](O)C3(F)F)c(=O)n2)nc1. The van der Waals surface area contributed by atoms with Crippen molar-refractivity contribution in [2.75, 3.05) is 18.5 Å². The molecule has 3 atom stereocenters. The van der Waals surface area contributed by atoms with Gasteiger partial charge >= 0.3 is 17.6 Å². The third kappa shape index (κ3) is 8.85. The van der Waals surface area contributed by atoms with Crippen molar-refractivity contribution in [3.63, 3.8) is 0 Å². The molecule has 0 radical (unpaired) electrons. The van der Waals surface area contributed by atoms with Gasteiger partial charge in [-0.3, -0.25) is 14.3 Å². The van der Waals surface area contributed by atoms with E-state index in [0.29, 0.717) is 11.2 Å². The minimum absolute atomic E-state index is 0.0817. The minimum atomic E-state index is -3.86. The van der Waals surface area contributed by atoms with E-state index in [-0.39, 0.29) is 17.1 Å². The van der Waals surface area contributed by atoms with E-state index >= 15 is 0 Å². The van der Waals surface area contributed by atoms with Crippen molar-refractivity contribution < 1.29 is 38.1 Å². The molecule has 11 nitrogen and oxygen atoms in total. The summed E-state index contributed by atoms with van der Waals surface area (Å²) in [4.78, 5) is 44.6. The minimum Gasteiger partial charge on any atom is -0.462 e. The second-order valence-corrected chi connectivity index (χ2v) is 10.0. The van der Waals surface area contributed by atoms with E-state index < -0.39 is 48.5 Å². The van der Waals surface area contributed by atoms with Crippen molar-refractivity contribution in [3.05, 3.63) is 52.3 Å². The molecule has 1 amide bonds. The smallest absolute Gasteiger partial charge is 0.351 e. The molecule has 1 fully saturated rings. The summed E-state index contributed by atoms with van der Waals surface area (Å²) in [6.45, 7) is 1.64. The monoisotopic (exact) mass is 580 g/mol. The van der Waals surface area contributed by atoms with Crippen molar-refractivity contribution in [1.29, 1.82) is 0 Å². The molecule has 0 bridgehead atoms. The highest BCUT2D eigenvalue weighted by atomic mass is 19.3. The molecule has 3 N–H and O–H groups in total. The number of amides is 1. The van der Waals surface area contributed by atoms with Crippen LogP contribution in [-0.2, 0) is 9.47 Å². The van der Waals surface area contributed by atoms with Crippen LogP contribution in [0.1, 0.15) is 98.2 Å². The summed E-state index contributed by atoms with van der Waals surface area (Å²) in [5, 5.41) is 21.1. The number of esters is 1. The molecular weight excluding hydrogens is 542 g/mol. The molecule has 1 aliphatic rings. The number of aliphatic hydroxyl groups is 2. The lowest BCUT2D eigenvalue weighted by Crippen LogP contribution is -2.41. The van der Waals surface area contributed by atoms with Crippen LogP contribution in [0.2, 0.25) is 0 Å². The van der Waals surface area contributed by atoms with Gasteiger partial charge in [0.2, 0.25) is 6.23 Å². The van der Waals surface area contributed by atoms with Gasteiger partial charge in [-0.05, 0) is 24.6 Å². The topological polar surface area (TPSA) is 153 Å². The largest absolute Gasteiger partial charge is 0.462 e. The van der Waals surface area contributed by atoms with Crippen LogP contribution in [0.3, 0.4) is 0 Å². The van der Waals surface area contributed by atoms with Crippen LogP contribution in [0.4, 0.5) is 14.6 Å². The number of aromatic nitrogens is 3. The molecule has 1 saturated heterocycles. The van der Waals surface area contributed by atoms with Gasteiger partial charge in [0.25, 0.3) is 5.91 Å². The highest BCUT2D eigenvalue weighted by Crippen LogP contribution is 2.42. The summed E-state index contributed by atoms with van der Waals surface area (Å²) in [5.74, 6) is -5.40. The number of nitrogens with zero attached hydrogens (tertiary/aromatic N) is 3. The first-order valence-corrected chi connectivity index (χ1v) is 14.0. The number of unbranched alkanes of at least 4 members (excludes halogenated alkanes) is 9. The Labute approximate surface area is 236 Å². The second kappa shape index (κ2) is 15.6. The van der Waals surface area contributed by atoms with Crippen molar-refractivity contribution in [1.82, 2.24) is 14.5 Å². The van der Waals surface area contributed by atoms with Gasteiger partial charge < -0.3 is 25.0 Å². The molecule has 226 valence electrons. The fraction of sp³-hybridized carbons (Fsp3) is 0.607. The molecule has 0 spiro atoms. The Hall–Kier alpha value is -3.29. The van der Waals surface area contributed by atoms with Crippen LogP contribution < -0.4 is 11.0 Å². The first-order valence-electron chi connectivity index (χ1n) is 14.0. The molecule has 13 heteroatoms. The maximum atomic E-state index is 14.3. The number of hydrogen-bond donors (Lipinski definition) is 3. The van der Waals surface area contributed by atoms with E-state index in [0.717, 1.165) is 31.5 Å². The van der Waals surface area contributed by atoms with Crippen molar-refractivity contribution in [2.24, 2.45) is 0 Å². The van der Waals surface area contributed by atoms with Crippen LogP contribution in [0, 0.1) is 0 Å². The Morgan fingerprint density at radius 1 is 1.07 bits per heavy atom. The average Bonchev–Trinajstić information content (AvgIpc) is 3.19. The molecule has 2 aromatic heterocycles. The van der Waals surface area contributed by atoms with Crippen LogP contribution >= 0.6 is 0 Å². The molecule has 41 heavy (non-hydrogen) atoms. The molecule has 1 aliphatic heterocycles. The first-order chi connectivity index (χ1) is 19.7. The number of carbonyl (C=O) groups excluding carboxylic acids is 2. The third-order valence-electron chi connectivity index (χ3n) is 6.85. The van der Waals surface area contributed by atoms with Crippen LogP contribution in [0.15, 0.2) is 35.4 Å². The van der Waals surface area contributed by atoms with Gasteiger partial charge in [0.05, 0.1) is 18.8 Å². The van der Waals surface area contributed by atoms with E-state index in [9.17, 15) is 28.3 Å². The van der Waals surface area contributed by atoms with E-state index in [1.807, 2.05) is 0 Å². The lowest BCUT2D eigenvalue weighted by Gasteiger charge is -2.21. The van der Waals surface area contributed by atoms with Crippen molar-refractivity contribution >= 4 is 17.7 Å². The molecule has 0 unspecified atom stereocenters. The Morgan fingerprint density at radius 3 is 2.29 bits per heavy atom. The summed E-state index contributed by atoms with van der Waals surface area (Å²) in [5.41, 5.74) is -1.08. The van der Waals surface area contributed by atoms with Crippen LogP contribution in [-0.4, -0.2) is 68.0 Å². The zero-order chi connectivity index (χ0) is 29.8. The van der Waals surface area contributed by atoms with Gasteiger partial charge in [0.15, 0.2) is 6.10 Å². The number of pyridine rings is 1. The normalized spacial score (nSPS) is 19.7. The number of hydrogen-bond acceptors (Lipinski definition) is 9. The average molecular weight is 581 g/mol. The lowest BCUT2D eigenvalue weighted by atomic mass is 10.1. The van der Waals surface area contributed by atoms with Crippen LogP contribution in [0.25, 0.3) is 0 Å². The summed E-state index contributed by atoms with van der Waals surface area (Å²) in [7, 11) is 0. The number of carbonyl (C=O) groups is 2. The molecule has 2 aromatic rings. The van der Waals surface area contributed by atoms with Gasteiger partial charge in [-0.2, -0.15) is 13.8 Å². The van der Waals surface area contributed by atoms with Crippen molar-refractivity contribution in [2.45, 2.75) is 95.5 Å². The molecule has 0 aromatic carbocycles. The van der Waals surface area contributed by atoms with Gasteiger partial charge in [-0.1, -0.05) is 64.7 Å². The molecule has 3 heterocycles. The second-order valence-electron chi connectivity index (χ2n) is 10.0. The number of ether oxygens (including phenoxy) is 2. The third-order valence-corrected chi connectivity index (χ3v) is 6.85. The standard InChI is InChI=1S/C28H38F2N4O7/c1-2-3-4-5-6-7-8-9-10-11-16-40-25(38)19-12-13-20(31-17-19)24(37)32-22-14-15-34(27(39)33-22)26-28(29,30)23(36)21(18-35)41-26/h12-15,17,21,23,26,35-36H,2-11,16,18H2,1H3,(H,32,33,37,39)/t21-,23-,26-/m1/s1. The highest BCUT2D eigenvalue weighted by Gasteiger charge is 2.59. The summed E-state index contributed by atoms with van der Waals surface area (Å²) in [6, 6.07) is 3.78. The maximum absolute atomic E-state index is 14.3. The fourth-order valence-corrected chi connectivity index (χ4v) is 4.45. The zero-order valence-electron chi connectivity index (χ0n) is 23.1. The maximum Gasteiger partial charge on any atom is 0.351 e. The number of nitrogens with one attached hydrogen (secondary N) is 1. The number of anilines is 1. The summed E-state index contributed by atoms with van der Waals surface area (Å²) < 4.78 is 39.3. The van der Waals surface area contributed by atoms with E-state index in [4.69, 9.17) is 14.6 Å². The van der Waals surface area contributed by atoms with Crippen molar-refractivity contribution in [3.8, 4) is 0 Å². The van der Waals surface area contributed by atoms with Gasteiger partial charge in [-0.25, -0.2) is 9.59 Å². The molecular formula is C28H38F2N4O7. The molecule has 0 saturated carbocycles. The van der Waals surface area contributed by atoms with Crippen LogP contribution in [0.5, 0.6) is 0 Å². The van der Waals surface area contributed by atoms with Gasteiger partial charge in [0.1, 0.15) is 17.6 Å². The summed E-state index contributed by atoms with van der Waals surface area (Å²) in [6.07, 6.45) is 7.76. The van der Waals surface area contributed by atoms with E-state index in [2.05, 4.69) is 22.2 Å². The number of aliphatic hydroxyl groups excluding tert-OH is 2. The zero-order valence-corrected chi connectivity index (χ0v) is 23.1. The predicted molar refractivity (Wildman–Crippen MR) is 145 cm³/mol. The highest BCUT2D eigenvalue weighted by molar-refractivity contribution is 6.02. The fourth-order valence-electron chi connectivity index (χ4n) is 4.45. The number of alkyl halides is 2. The quantitative estimate of drug-likeness (QED) is 0.198. The molecule has 3 rings (SSSR count). The Balaban J connectivity index is 1.43. The summed E-state index contributed by atoms with van der Waals surface area (Å²) >= 11 is 0. The number of rotatable bonds is 16. The predicted octanol–water partition coefficient (Wildman–Crippen LogP) is 3.85. The van der Waals surface area contributed by atoms with Gasteiger partial charge in [0, 0.05) is 12.4 Å². The Morgan fingerprint density at radius 2 is 1.73 bits per heavy atom. The van der Waals surface area contributed by atoms with E-state index in [1.54, 1.807) is 0 Å².